The highest BCUT2D eigenvalue weighted by Crippen LogP contribution is 2.36. The van der Waals surface area contributed by atoms with Crippen molar-refractivity contribution < 1.29 is 18.1 Å². The molecule has 1 aliphatic rings. The second kappa shape index (κ2) is 4.92. The van der Waals surface area contributed by atoms with E-state index in [0.717, 1.165) is 11.1 Å². The Labute approximate surface area is 112 Å². The Morgan fingerprint density at radius 1 is 1.21 bits per heavy atom. The fourth-order valence-corrected chi connectivity index (χ4v) is 3.48. The maximum Gasteiger partial charge on any atom is 0.272 e. The molecule has 2 N–H and O–H groups in total. The number of allylic oxidation sites excluding steroid dienone is 3. The van der Waals surface area contributed by atoms with Crippen LogP contribution in [0.1, 0.15) is 18.1 Å². The maximum atomic E-state index is 11.5. The fourth-order valence-electron chi connectivity index (χ4n) is 2.35. The predicted octanol–water partition coefficient (Wildman–Crippen LogP) is 1.82. The Kier molecular flexibility index (Phi) is 3.62. The third-order valence-electron chi connectivity index (χ3n) is 3.51. The van der Waals surface area contributed by atoms with Crippen molar-refractivity contribution in [1.29, 1.82) is 0 Å². The lowest BCUT2D eigenvalue weighted by Gasteiger charge is -2.33. The van der Waals surface area contributed by atoms with E-state index in [2.05, 4.69) is 0 Å². The van der Waals surface area contributed by atoms with Gasteiger partial charge in [-0.3, -0.25) is 4.55 Å². The van der Waals surface area contributed by atoms with Crippen LogP contribution in [0.3, 0.4) is 0 Å². The molecule has 5 heteroatoms. The smallest absolute Gasteiger partial charge is 0.272 e. The van der Waals surface area contributed by atoms with Crippen molar-refractivity contribution in [3.8, 4) is 0 Å². The van der Waals surface area contributed by atoms with Crippen LogP contribution in [0.5, 0.6) is 0 Å². The van der Waals surface area contributed by atoms with Gasteiger partial charge < -0.3 is 5.11 Å². The standard InChI is InChI=1S/C14H16O4S/c1-14(12-7-5-11(10-15)6-8-12)9-3-2-4-13(14)19(16,17)18/h2-9,13,15H,10H2,1H3,(H,16,17,18). The molecule has 0 bridgehead atoms. The van der Waals surface area contributed by atoms with E-state index in [0.29, 0.717) is 0 Å². The highest BCUT2D eigenvalue weighted by molar-refractivity contribution is 7.86. The average molecular weight is 280 g/mol. The van der Waals surface area contributed by atoms with Gasteiger partial charge in [-0.25, -0.2) is 0 Å². The molecule has 0 spiro atoms. The fraction of sp³-hybridized carbons (Fsp3) is 0.286. The molecule has 0 radical (unpaired) electrons. The van der Waals surface area contributed by atoms with E-state index in [1.807, 2.05) is 0 Å². The number of aliphatic hydroxyl groups is 1. The van der Waals surface area contributed by atoms with Gasteiger partial charge in [-0.15, -0.1) is 0 Å². The molecule has 0 saturated carbocycles. The van der Waals surface area contributed by atoms with Crippen LogP contribution < -0.4 is 0 Å². The largest absolute Gasteiger partial charge is 0.392 e. The molecule has 2 rings (SSSR count). The van der Waals surface area contributed by atoms with Crippen LogP contribution in [0.25, 0.3) is 0 Å². The molecule has 0 aromatic heterocycles. The van der Waals surface area contributed by atoms with Gasteiger partial charge in [0.05, 0.1) is 6.61 Å². The van der Waals surface area contributed by atoms with Crippen molar-refractivity contribution in [3.63, 3.8) is 0 Å². The Morgan fingerprint density at radius 3 is 2.37 bits per heavy atom. The summed E-state index contributed by atoms with van der Waals surface area (Å²) in [6.07, 6.45) is 6.62. The molecular formula is C14H16O4S. The lowest BCUT2D eigenvalue weighted by Crippen LogP contribution is -2.40. The summed E-state index contributed by atoms with van der Waals surface area (Å²) in [5, 5.41) is 8.01. The van der Waals surface area contributed by atoms with Gasteiger partial charge in [-0.05, 0) is 11.1 Å². The molecule has 0 heterocycles. The molecule has 2 unspecified atom stereocenters. The Hall–Kier alpha value is -1.43. The van der Waals surface area contributed by atoms with Crippen LogP contribution in [0, 0.1) is 0 Å². The van der Waals surface area contributed by atoms with Crippen LogP contribution in [0.2, 0.25) is 0 Å². The van der Waals surface area contributed by atoms with Crippen LogP contribution in [0.4, 0.5) is 0 Å². The summed E-state index contributed by atoms with van der Waals surface area (Å²) >= 11 is 0. The third kappa shape index (κ3) is 2.63. The van der Waals surface area contributed by atoms with E-state index in [1.54, 1.807) is 49.4 Å². The summed E-state index contributed by atoms with van der Waals surface area (Å²) in [5.74, 6) is 0. The molecule has 1 aromatic carbocycles. The first kappa shape index (κ1) is 14.0. The first-order chi connectivity index (χ1) is 8.88. The van der Waals surface area contributed by atoms with Gasteiger partial charge in [0.1, 0.15) is 5.25 Å². The average Bonchev–Trinajstić information content (AvgIpc) is 2.38. The van der Waals surface area contributed by atoms with E-state index in [4.69, 9.17) is 5.11 Å². The minimum absolute atomic E-state index is 0.0610. The number of rotatable bonds is 3. The maximum absolute atomic E-state index is 11.5. The minimum Gasteiger partial charge on any atom is -0.392 e. The molecule has 4 nitrogen and oxygen atoms in total. The van der Waals surface area contributed by atoms with Crippen molar-refractivity contribution in [2.24, 2.45) is 0 Å². The van der Waals surface area contributed by atoms with Crippen molar-refractivity contribution in [3.05, 3.63) is 59.7 Å². The lowest BCUT2D eigenvalue weighted by atomic mass is 9.77. The van der Waals surface area contributed by atoms with Crippen LogP contribution in [-0.4, -0.2) is 23.3 Å². The molecular weight excluding hydrogens is 264 g/mol. The number of hydrogen-bond acceptors (Lipinski definition) is 3. The lowest BCUT2D eigenvalue weighted by molar-refractivity contribution is 0.282. The molecule has 19 heavy (non-hydrogen) atoms. The molecule has 1 aliphatic carbocycles. The number of aliphatic hydroxyl groups excluding tert-OH is 1. The molecule has 0 fully saturated rings. The summed E-state index contributed by atoms with van der Waals surface area (Å²) in [4.78, 5) is 0. The van der Waals surface area contributed by atoms with Crippen LogP contribution in [0.15, 0.2) is 48.6 Å². The topological polar surface area (TPSA) is 74.6 Å². The van der Waals surface area contributed by atoms with Crippen molar-refractivity contribution in [2.45, 2.75) is 24.2 Å². The molecule has 1 aromatic rings. The van der Waals surface area contributed by atoms with Gasteiger partial charge in [0.15, 0.2) is 0 Å². The van der Waals surface area contributed by atoms with E-state index >= 15 is 0 Å². The van der Waals surface area contributed by atoms with Crippen LogP contribution in [-0.2, 0) is 22.1 Å². The molecule has 2 atom stereocenters. The minimum atomic E-state index is -4.18. The summed E-state index contributed by atoms with van der Waals surface area (Å²) in [6, 6.07) is 7.03. The number of benzene rings is 1. The summed E-state index contributed by atoms with van der Waals surface area (Å²) in [5.41, 5.74) is 0.704. The van der Waals surface area contributed by atoms with E-state index in [9.17, 15) is 13.0 Å². The van der Waals surface area contributed by atoms with Gasteiger partial charge in [0, 0.05) is 5.41 Å². The first-order valence-electron chi connectivity index (χ1n) is 5.90. The zero-order valence-electron chi connectivity index (χ0n) is 10.5. The molecule has 0 amide bonds. The van der Waals surface area contributed by atoms with Crippen molar-refractivity contribution in [2.75, 3.05) is 0 Å². The Balaban J connectivity index is 2.49. The molecule has 102 valence electrons. The van der Waals surface area contributed by atoms with Gasteiger partial charge in [-0.1, -0.05) is 55.5 Å². The van der Waals surface area contributed by atoms with Gasteiger partial charge >= 0.3 is 0 Å². The summed E-state index contributed by atoms with van der Waals surface area (Å²) < 4.78 is 32.4. The first-order valence-corrected chi connectivity index (χ1v) is 7.41. The quantitative estimate of drug-likeness (QED) is 0.828. The third-order valence-corrected chi connectivity index (χ3v) is 4.80. The van der Waals surface area contributed by atoms with E-state index < -0.39 is 20.8 Å². The zero-order chi connectivity index (χ0) is 14.1. The van der Waals surface area contributed by atoms with Gasteiger partial charge in [-0.2, -0.15) is 8.42 Å². The summed E-state index contributed by atoms with van der Waals surface area (Å²) in [6.45, 7) is 1.70. The molecule has 0 aliphatic heterocycles. The second-order valence-corrected chi connectivity index (χ2v) is 6.36. The Bertz CT molecular complexity index is 613. The van der Waals surface area contributed by atoms with E-state index in [1.165, 1.54) is 6.08 Å². The van der Waals surface area contributed by atoms with Gasteiger partial charge in [0.25, 0.3) is 10.1 Å². The van der Waals surface area contributed by atoms with Crippen molar-refractivity contribution >= 4 is 10.1 Å². The predicted molar refractivity (Wildman–Crippen MR) is 73.3 cm³/mol. The monoisotopic (exact) mass is 280 g/mol. The van der Waals surface area contributed by atoms with Crippen molar-refractivity contribution in [1.82, 2.24) is 0 Å². The van der Waals surface area contributed by atoms with Gasteiger partial charge in [0.2, 0.25) is 0 Å². The Morgan fingerprint density at radius 2 is 1.84 bits per heavy atom. The zero-order valence-corrected chi connectivity index (χ0v) is 11.3. The molecule has 0 saturated heterocycles. The van der Waals surface area contributed by atoms with E-state index in [-0.39, 0.29) is 6.61 Å². The van der Waals surface area contributed by atoms with Crippen LogP contribution >= 0.6 is 0 Å². The summed E-state index contributed by atoms with van der Waals surface area (Å²) in [7, 11) is -4.18. The highest BCUT2D eigenvalue weighted by Gasteiger charge is 2.41. The second-order valence-electron chi connectivity index (χ2n) is 4.82. The SMILES string of the molecule is CC1(c2ccc(CO)cc2)C=CC=CC1S(=O)(=O)O. The number of hydrogen-bond donors (Lipinski definition) is 2. The normalized spacial score (nSPS) is 26.6. The highest BCUT2D eigenvalue weighted by atomic mass is 32.2.